The fourth-order valence-electron chi connectivity index (χ4n) is 2.58. The number of ether oxygens (including phenoxy) is 2. The lowest BCUT2D eigenvalue weighted by Gasteiger charge is -2.13. The van der Waals surface area contributed by atoms with Crippen molar-refractivity contribution in [2.24, 2.45) is 0 Å². The molecule has 0 radical (unpaired) electrons. The third kappa shape index (κ3) is 5.23. The highest BCUT2D eigenvalue weighted by Gasteiger charge is 2.19. The Kier molecular flexibility index (Phi) is 7.19. The second-order valence-electron chi connectivity index (χ2n) is 6.13. The number of aromatic nitrogens is 2. The average molecular weight is 518 g/mol. The quantitative estimate of drug-likeness (QED) is 0.380. The third-order valence-electron chi connectivity index (χ3n) is 3.89. The van der Waals surface area contributed by atoms with Crippen LogP contribution in [0.5, 0.6) is 11.5 Å². The van der Waals surface area contributed by atoms with Gasteiger partial charge in [0.15, 0.2) is 17.3 Å². The van der Waals surface area contributed by atoms with Crippen molar-refractivity contribution in [1.82, 2.24) is 15.3 Å². The zero-order chi connectivity index (χ0) is 21.8. The summed E-state index contributed by atoms with van der Waals surface area (Å²) in [5.41, 5.74) is 6.38. The van der Waals surface area contributed by atoms with E-state index in [4.69, 9.17) is 38.4 Å². The Balaban J connectivity index is 1.77. The van der Waals surface area contributed by atoms with Gasteiger partial charge in [0.1, 0.15) is 22.8 Å². The van der Waals surface area contributed by atoms with Gasteiger partial charge >= 0.3 is 0 Å². The van der Waals surface area contributed by atoms with Crippen LogP contribution in [0.25, 0.3) is 0 Å². The number of aromatic amines is 1. The predicted octanol–water partition coefficient (Wildman–Crippen LogP) is 5.07. The molecule has 7 nitrogen and oxygen atoms in total. The molecule has 158 valence electrons. The maximum atomic E-state index is 15.0. The number of carbonyl (C=O) groups is 1. The van der Waals surface area contributed by atoms with Gasteiger partial charge in [-0.1, -0.05) is 29.3 Å². The first-order chi connectivity index (χ1) is 14.3. The Hall–Kier alpha value is -2.33. The van der Waals surface area contributed by atoms with Crippen molar-refractivity contribution >= 4 is 50.7 Å². The molecule has 1 aromatic heterocycles. The maximum absolute atomic E-state index is 15.0. The number of nitrogens with one attached hydrogen (secondary N) is 2. The Bertz CT molecular complexity index is 1070. The SMILES string of the molecule is COCc1nc(C(=O)NCc2ccc(Cl)c(Oc3cc(N)cc(Cl)c3)c2F)c(Br)[nH]1. The van der Waals surface area contributed by atoms with E-state index in [9.17, 15) is 9.18 Å². The minimum Gasteiger partial charge on any atom is -0.453 e. The van der Waals surface area contributed by atoms with Crippen molar-refractivity contribution in [2.75, 3.05) is 12.8 Å². The molecule has 0 atom stereocenters. The van der Waals surface area contributed by atoms with E-state index in [1.165, 1.54) is 37.4 Å². The Morgan fingerprint density at radius 3 is 2.80 bits per heavy atom. The van der Waals surface area contributed by atoms with Crippen LogP contribution < -0.4 is 15.8 Å². The Morgan fingerprint density at radius 1 is 1.33 bits per heavy atom. The second-order valence-corrected chi connectivity index (χ2v) is 7.77. The van der Waals surface area contributed by atoms with Crippen LogP contribution in [-0.2, 0) is 17.9 Å². The number of nitrogens with two attached hydrogens (primary N) is 1. The van der Waals surface area contributed by atoms with E-state index in [0.29, 0.717) is 21.1 Å². The summed E-state index contributed by atoms with van der Waals surface area (Å²) in [6, 6.07) is 7.42. The number of anilines is 1. The lowest BCUT2D eigenvalue weighted by atomic mass is 10.2. The molecular weight excluding hydrogens is 502 g/mol. The molecule has 1 heterocycles. The van der Waals surface area contributed by atoms with Crippen molar-refractivity contribution in [2.45, 2.75) is 13.2 Å². The molecule has 0 unspecified atom stereocenters. The molecule has 0 aliphatic heterocycles. The fraction of sp³-hybridized carbons (Fsp3) is 0.158. The second kappa shape index (κ2) is 9.65. The average Bonchev–Trinajstić information content (AvgIpc) is 3.04. The van der Waals surface area contributed by atoms with Crippen molar-refractivity contribution in [3.05, 3.63) is 67.9 Å². The van der Waals surface area contributed by atoms with Gasteiger partial charge in [-0.25, -0.2) is 9.37 Å². The Morgan fingerprint density at radius 2 is 2.10 bits per heavy atom. The zero-order valence-electron chi connectivity index (χ0n) is 15.6. The van der Waals surface area contributed by atoms with Crippen LogP contribution >= 0.6 is 39.1 Å². The van der Waals surface area contributed by atoms with Gasteiger partial charge < -0.3 is 25.5 Å². The van der Waals surface area contributed by atoms with Gasteiger partial charge in [-0.15, -0.1) is 0 Å². The van der Waals surface area contributed by atoms with Crippen LogP contribution in [0.15, 0.2) is 34.9 Å². The maximum Gasteiger partial charge on any atom is 0.272 e. The largest absolute Gasteiger partial charge is 0.453 e. The smallest absolute Gasteiger partial charge is 0.272 e. The third-order valence-corrected chi connectivity index (χ3v) is 4.98. The van der Waals surface area contributed by atoms with Crippen molar-refractivity contribution < 1.29 is 18.7 Å². The van der Waals surface area contributed by atoms with E-state index in [2.05, 4.69) is 31.2 Å². The highest BCUT2D eigenvalue weighted by molar-refractivity contribution is 9.10. The normalized spacial score (nSPS) is 10.8. The molecular formula is C19H16BrCl2FN4O3. The summed E-state index contributed by atoms with van der Waals surface area (Å²) in [7, 11) is 1.51. The van der Waals surface area contributed by atoms with Crippen LogP contribution in [0, 0.1) is 5.82 Å². The van der Waals surface area contributed by atoms with E-state index in [1.807, 2.05) is 0 Å². The minimum atomic E-state index is -0.720. The number of amides is 1. The minimum absolute atomic E-state index is 0.0559. The molecule has 11 heteroatoms. The van der Waals surface area contributed by atoms with Gasteiger partial charge in [0.2, 0.25) is 0 Å². The number of halogens is 4. The van der Waals surface area contributed by atoms with E-state index in [1.54, 1.807) is 0 Å². The number of rotatable bonds is 7. The zero-order valence-corrected chi connectivity index (χ0v) is 18.7. The molecule has 0 aliphatic carbocycles. The molecule has 0 aliphatic rings. The molecule has 4 N–H and O–H groups in total. The number of hydrogen-bond donors (Lipinski definition) is 3. The first kappa shape index (κ1) is 22.4. The van der Waals surface area contributed by atoms with E-state index in [0.717, 1.165) is 0 Å². The summed E-state index contributed by atoms with van der Waals surface area (Å²) in [4.78, 5) is 19.4. The summed E-state index contributed by atoms with van der Waals surface area (Å²) in [6.07, 6.45) is 0. The Labute approximate surface area is 189 Å². The predicted molar refractivity (Wildman–Crippen MR) is 116 cm³/mol. The highest BCUT2D eigenvalue weighted by atomic mass is 79.9. The number of hydrogen-bond acceptors (Lipinski definition) is 5. The molecule has 0 bridgehead atoms. The number of imidazole rings is 1. The summed E-state index contributed by atoms with van der Waals surface area (Å²) in [5, 5.41) is 3.00. The van der Waals surface area contributed by atoms with Crippen molar-refractivity contribution in [3.8, 4) is 11.5 Å². The number of benzene rings is 2. The van der Waals surface area contributed by atoms with Crippen molar-refractivity contribution in [3.63, 3.8) is 0 Å². The molecule has 0 saturated heterocycles. The number of methoxy groups -OCH3 is 1. The summed E-state index contributed by atoms with van der Waals surface area (Å²) in [5.74, 6) is -0.715. The van der Waals surface area contributed by atoms with E-state index >= 15 is 0 Å². The van der Waals surface area contributed by atoms with Gasteiger partial charge in [0.05, 0.1) is 5.02 Å². The van der Waals surface area contributed by atoms with Gasteiger partial charge in [-0.2, -0.15) is 0 Å². The summed E-state index contributed by atoms with van der Waals surface area (Å²) < 4.78 is 25.9. The summed E-state index contributed by atoms with van der Waals surface area (Å²) in [6.45, 7) is 0.0984. The molecule has 1 amide bonds. The summed E-state index contributed by atoms with van der Waals surface area (Å²) >= 11 is 15.3. The fourth-order valence-corrected chi connectivity index (χ4v) is 3.49. The molecule has 0 saturated carbocycles. The van der Waals surface area contributed by atoms with Gasteiger partial charge in [-0.05, 0) is 34.1 Å². The molecule has 0 fully saturated rings. The van der Waals surface area contributed by atoms with Crippen molar-refractivity contribution in [1.29, 1.82) is 0 Å². The van der Waals surface area contributed by atoms with Gasteiger partial charge in [-0.3, -0.25) is 4.79 Å². The van der Waals surface area contributed by atoms with Crippen LogP contribution in [0.3, 0.4) is 0 Å². The monoisotopic (exact) mass is 516 g/mol. The van der Waals surface area contributed by atoms with Gasteiger partial charge in [0, 0.05) is 36.0 Å². The standard InChI is InChI=1S/C19H16BrCl2FN4O3/c1-29-8-14-26-16(18(20)27-14)19(28)25-7-9-2-3-13(22)17(15(9)23)30-12-5-10(21)4-11(24)6-12/h2-6H,7-8,24H2,1H3,(H,25,28)(H,26,27). The molecule has 3 rings (SSSR count). The number of H-pyrrole nitrogens is 1. The number of nitrogen functional groups attached to an aromatic ring is 1. The van der Waals surface area contributed by atoms with Crippen LogP contribution in [0.2, 0.25) is 10.0 Å². The lowest BCUT2D eigenvalue weighted by molar-refractivity contribution is 0.0944. The van der Waals surface area contributed by atoms with Gasteiger partial charge in [0.25, 0.3) is 5.91 Å². The first-order valence-corrected chi connectivity index (χ1v) is 10.1. The number of carbonyl (C=O) groups excluding carboxylic acids is 1. The molecule has 2 aromatic carbocycles. The van der Waals surface area contributed by atoms with Crippen LogP contribution in [-0.4, -0.2) is 23.0 Å². The molecule has 30 heavy (non-hydrogen) atoms. The lowest BCUT2D eigenvalue weighted by Crippen LogP contribution is -2.24. The molecule has 0 spiro atoms. The van der Waals surface area contributed by atoms with Crippen LogP contribution in [0.4, 0.5) is 10.1 Å². The topological polar surface area (TPSA) is 102 Å². The number of nitrogens with zero attached hydrogens (tertiary/aromatic N) is 1. The molecule has 3 aromatic rings. The first-order valence-electron chi connectivity index (χ1n) is 8.50. The van der Waals surface area contributed by atoms with E-state index < -0.39 is 11.7 Å². The van der Waals surface area contributed by atoms with E-state index in [-0.39, 0.29) is 40.9 Å². The highest BCUT2D eigenvalue weighted by Crippen LogP contribution is 2.35. The van der Waals surface area contributed by atoms with Crippen LogP contribution in [0.1, 0.15) is 21.9 Å².